The number of anilines is 1. The summed E-state index contributed by atoms with van der Waals surface area (Å²) in [4.78, 5) is 0. The first-order valence-corrected chi connectivity index (χ1v) is 8.07. The van der Waals surface area contributed by atoms with Crippen LogP contribution in [0.15, 0.2) is 46.9 Å². The molecule has 1 fully saturated rings. The quantitative estimate of drug-likeness (QED) is 0.741. The van der Waals surface area contributed by atoms with E-state index >= 15 is 0 Å². The maximum atomic E-state index is 5.92. The van der Waals surface area contributed by atoms with Gasteiger partial charge in [0.2, 0.25) is 0 Å². The van der Waals surface area contributed by atoms with Crippen LogP contribution < -0.4 is 5.32 Å². The van der Waals surface area contributed by atoms with Gasteiger partial charge in [0, 0.05) is 21.2 Å². The van der Waals surface area contributed by atoms with Crippen LogP contribution >= 0.6 is 27.5 Å². The van der Waals surface area contributed by atoms with Gasteiger partial charge in [0.05, 0.1) is 0 Å². The molecule has 0 bridgehead atoms. The second-order valence-corrected chi connectivity index (χ2v) is 6.82. The van der Waals surface area contributed by atoms with Gasteiger partial charge in [0.15, 0.2) is 0 Å². The van der Waals surface area contributed by atoms with Crippen LogP contribution in [0, 0.1) is 6.92 Å². The Balaban J connectivity index is 1.58. The van der Waals surface area contributed by atoms with Crippen molar-refractivity contribution in [3.63, 3.8) is 0 Å². The number of halogens is 2. The molecule has 0 atom stereocenters. The molecule has 0 aliphatic heterocycles. The van der Waals surface area contributed by atoms with Crippen LogP contribution in [-0.2, 0) is 0 Å². The highest BCUT2D eigenvalue weighted by atomic mass is 79.9. The molecule has 0 unspecified atom stereocenters. The van der Waals surface area contributed by atoms with E-state index in [4.69, 9.17) is 11.6 Å². The first kappa shape index (κ1) is 14.0. The lowest BCUT2D eigenvalue weighted by Gasteiger charge is -2.37. The summed E-state index contributed by atoms with van der Waals surface area (Å²) in [5.41, 5.74) is 3.88. The summed E-state index contributed by atoms with van der Waals surface area (Å²) >= 11 is 9.46. The van der Waals surface area contributed by atoms with Gasteiger partial charge in [0.1, 0.15) is 0 Å². The highest BCUT2D eigenvalue weighted by Gasteiger charge is 2.30. The highest BCUT2D eigenvalue weighted by molar-refractivity contribution is 9.10. The summed E-state index contributed by atoms with van der Waals surface area (Å²) in [5.74, 6) is 0.668. The van der Waals surface area contributed by atoms with E-state index in [9.17, 15) is 0 Å². The van der Waals surface area contributed by atoms with Crippen LogP contribution in [0.5, 0.6) is 0 Å². The molecular formula is C17H17BrClN. The fourth-order valence-electron chi connectivity index (χ4n) is 2.71. The third-order valence-electron chi connectivity index (χ3n) is 4.01. The molecule has 2 aromatic carbocycles. The average molecular weight is 351 g/mol. The molecule has 0 aromatic heterocycles. The summed E-state index contributed by atoms with van der Waals surface area (Å²) in [5, 5.41) is 4.42. The van der Waals surface area contributed by atoms with E-state index in [0.717, 1.165) is 9.50 Å². The monoisotopic (exact) mass is 349 g/mol. The van der Waals surface area contributed by atoms with Crippen molar-refractivity contribution >= 4 is 33.2 Å². The van der Waals surface area contributed by atoms with E-state index in [-0.39, 0.29) is 0 Å². The van der Waals surface area contributed by atoms with Gasteiger partial charge >= 0.3 is 0 Å². The Morgan fingerprint density at radius 3 is 2.45 bits per heavy atom. The third-order valence-corrected chi connectivity index (χ3v) is 5.15. The van der Waals surface area contributed by atoms with Crippen LogP contribution in [0.3, 0.4) is 0 Å². The zero-order valence-electron chi connectivity index (χ0n) is 11.4. The Bertz CT molecular complexity index is 603. The molecule has 1 aliphatic carbocycles. The molecular weight excluding hydrogens is 334 g/mol. The largest absolute Gasteiger partial charge is 0.382 e. The molecule has 0 radical (unpaired) electrons. The summed E-state index contributed by atoms with van der Waals surface area (Å²) in [7, 11) is 0. The molecule has 0 saturated heterocycles. The van der Waals surface area contributed by atoms with Crippen LogP contribution in [0.25, 0.3) is 0 Å². The lowest BCUT2D eigenvalue weighted by atomic mass is 9.76. The molecule has 1 N–H and O–H groups in total. The van der Waals surface area contributed by atoms with E-state index in [2.05, 4.69) is 58.5 Å². The van der Waals surface area contributed by atoms with Crippen molar-refractivity contribution in [1.82, 2.24) is 0 Å². The van der Waals surface area contributed by atoms with Gasteiger partial charge in [-0.15, -0.1) is 0 Å². The smallest absolute Gasteiger partial charge is 0.0406 e. The number of hydrogen-bond acceptors (Lipinski definition) is 1. The van der Waals surface area contributed by atoms with Crippen molar-refractivity contribution in [2.75, 3.05) is 5.32 Å². The van der Waals surface area contributed by atoms with Crippen LogP contribution in [0.1, 0.15) is 29.9 Å². The predicted molar refractivity (Wildman–Crippen MR) is 89.7 cm³/mol. The van der Waals surface area contributed by atoms with Gasteiger partial charge in [-0.1, -0.05) is 39.7 Å². The highest BCUT2D eigenvalue weighted by Crippen LogP contribution is 2.39. The summed E-state index contributed by atoms with van der Waals surface area (Å²) < 4.78 is 1.16. The van der Waals surface area contributed by atoms with Crippen LogP contribution in [-0.4, -0.2) is 6.04 Å². The Kier molecular flexibility index (Phi) is 4.04. The summed E-state index contributed by atoms with van der Waals surface area (Å²) in [6.07, 6.45) is 2.38. The van der Waals surface area contributed by atoms with Crippen LogP contribution in [0.2, 0.25) is 5.02 Å². The van der Waals surface area contributed by atoms with Gasteiger partial charge in [-0.3, -0.25) is 0 Å². The van der Waals surface area contributed by atoms with Crippen molar-refractivity contribution in [1.29, 1.82) is 0 Å². The average Bonchev–Trinajstić information content (AvgIpc) is 2.39. The molecule has 0 amide bonds. The molecule has 1 nitrogen and oxygen atoms in total. The minimum atomic E-state index is 0.580. The van der Waals surface area contributed by atoms with Gasteiger partial charge < -0.3 is 5.32 Å². The fraction of sp³-hybridized carbons (Fsp3) is 0.294. The van der Waals surface area contributed by atoms with Gasteiger partial charge in [-0.25, -0.2) is 0 Å². The van der Waals surface area contributed by atoms with Crippen LogP contribution in [0.4, 0.5) is 5.69 Å². The fourth-order valence-corrected chi connectivity index (χ4v) is 3.09. The van der Waals surface area contributed by atoms with Crippen molar-refractivity contribution in [3.05, 3.63) is 63.1 Å². The Labute approximate surface area is 133 Å². The molecule has 2 aromatic rings. The third kappa shape index (κ3) is 3.02. The molecule has 104 valence electrons. The normalized spacial score (nSPS) is 21.4. The zero-order valence-corrected chi connectivity index (χ0v) is 13.7. The lowest BCUT2D eigenvalue weighted by molar-refractivity contribution is 0.374. The standard InChI is InChI=1S/C17H17BrClN/c1-11-8-15(6-7-17(11)18)20-16-9-13(10-16)12-2-4-14(19)5-3-12/h2-8,13,16,20H,9-10H2,1H3. The number of aryl methyl sites for hydroxylation is 1. The maximum Gasteiger partial charge on any atom is 0.0406 e. The molecule has 0 heterocycles. The van der Waals surface area contributed by atoms with Gasteiger partial charge in [-0.2, -0.15) is 0 Å². The first-order valence-electron chi connectivity index (χ1n) is 6.90. The Morgan fingerprint density at radius 1 is 1.10 bits per heavy atom. The number of benzene rings is 2. The maximum absolute atomic E-state index is 5.92. The molecule has 1 saturated carbocycles. The van der Waals surface area contributed by atoms with E-state index < -0.39 is 0 Å². The predicted octanol–water partition coefficient (Wildman–Crippen LogP) is 5.77. The summed E-state index contributed by atoms with van der Waals surface area (Å²) in [6.45, 7) is 2.12. The molecule has 20 heavy (non-hydrogen) atoms. The lowest BCUT2D eigenvalue weighted by Crippen LogP contribution is -2.33. The summed E-state index contributed by atoms with van der Waals surface area (Å²) in [6, 6.07) is 15.3. The van der Waals surface area contributed by atoms with Crippen molar-refractivity contribution in [2.45, 2.75) is 31.7 Å². The van der Waals surface area contributed by atoms with E-state index in [1.165, 1.54) is 29.7 Å². The van der Waals surface area contributed by atoms with Gasteiger partial charge in [-0.05, 0) is 67.1 Å². The topological polar surface area (TPSA) is 12.0 Å². The molecule has 0 spiro atoms. The minimum absolute atomic E-state index is 0.580. The SMILES string of the molecule is Cc1cc(NC2CC(c3ccc(Cl)cc3)C2)ccc1Br. The molecule has 3 heteroatoms. The molecule has 3 rings (SSSR count). The van der Waals surface area contributed by atoms with E-state index in [1.54, 1.807) is 0 Å². The number of nitrogens with one attached hydrogen (secondary N) is 1. The Morgan fingerprint density at radius 2 is 1.80 bits per heavy atom. The first-order chi connectivity index (χ1) is 9.61. The second kappa shape index (κ2) is 5.79. The van der Waals surface area contributed by atoms with Crippen molar-refractivity contribution < 1.29 is 0 Å². The van der Waals surface area contributed by atoms with Crippen molar-refractivity contribution in [2.24, 2.45) is 0 Å². The minimum Gasteiger partial charge on any atom is -0.382 e. The Hall–Kier alpha value is -0.990. The van der Waals surface area contributed by atoms with E-state index in [0.29, 0.717) is 12.0 Å². The number of rotatable bonds is 3. The molecule has 1 aliphatic rings. The second-order valence-electron chi connectivity index (χ2n) is 5.53. The number of hydrogen-bond donors (Lipinski definition) is 1. The van der Waals surface area contributed by atoms with Crippen molar-refractivity contribution in [3.8, 4) is 0 Å². The van der Waals surface area contributed by atoms with Gasteiger partial charge in [0.25, 0.3) is 0 Å². The zero-order chi connectivity index (χ0) is 14.1. The van der Waals surface area contributed by atoms with E-state index in [1.807, 2.05) is 12.1 Å².